The van der Waals surface area contributed by atoms with Crippen molar-refractivity contribution in [1.29, 1.82) is 0 Å². The van der Waals surface area contributed by atoms with Crippen LogP contribution < -0.4 is 10.5 Å². The first kappa shape index (κ1) is 29.2. The molecule has 5 atom stereocenters. The van der Waals surface area contributed by atoms with Crippen molar-refractivity contribution < 1.29 is 23.8 Å². The summed E-state index contributed by atoms with van der Waals surface area (Å²) < 4.78 is 24.6. The quantitative estimate of drug-likeness (QED) is 0.287. The molecule has 0 radical (unpaired) electrons. The Morgan fingerprint density at radius 3 is 2.56 bits per heavy atom. The van der Waals surface area contributed by atoms with Gasteiger partial charge in [-0.3, -0.25) is 4.79 Å². The van der Waals surface area contributed by atoms with Crippen LogP contribution in [0.3, 0.4) is 0 Å². The molecule has 1 saturated heterocycles. The molecule has 2 rings (SSSR count). The van der Waals surface area contributed by atoms with Crippen LogP contribution >= 0.6 is 24.4 Å². The zero-order valence-corrected chi connectivity index (χ0v) is 21.6. The Morgan fingerprint density at radius 2 is 2.00 bits per heavy atom. The molecule has 0 aromatic heterocycles. The topological polar surface area (TPSA) is 81.8 Å². The molecule has 32 heavy (non-hydrogen) atoms. The van der Waals surface area contributed by atoms with Crippen molar-refractivity contribution in [3.8, 4) is 5.75 Å². The number of carbonyl (C=O) groups is 1. The number of nitrogens with two attached hydrogens (primary N) is 1. The normalized spacial score (nSPS) is 21.1. The monoisotopic (exact) mass is 489 g/mol. The van der Waals surface area contributed by atoms with Crippen molar-refractivity contribution in [3.05, 3.63) is 29.6 Å². The van der Waals surface area contributed by atoms with Gasteiger partial charge in [0.25, 0.3) is 0 Å². The zero-order valence-electron chi connectivity index (χ0n) is 19.9. The molecule has 0 bridgehead atoms. The van der Waals surface area contributed by atoms with Gasteiger partial charge in [0, 0.05) is 37.3 Å². The second kappa shape index (κ2) is 15.2. The highest BCUT2D eigenvalue weighted by Gasteiger charge is 2.37. The standard InChI is InChI=1S/C23H36FNO4S.CH4S/c1-5-15-12-21(30-23(15)27)19(25)13-17(14(2)3)22(26)16-7-8-18(24)20(11-16)29-10-6-9-28-4;1-2/h7-8,11,14-15,17,19,21-22,26H,5-6,9-10,12-13,25H2,1-4H3;2H,1H3/t15-,17?,19+,21+,22?;/m1./s1. The number of aliphatic hydroxyl groups excluding tert-OH is 1. The van der Waals surface area contributed by atoms with E-state index in [0.717, 1.165) is 12.8 Å². The summed E-state index contributed by atoms with van der Waals surface area (Å²) in [5.41, 5.74) is 7.10. The van der Waals surface area contributed by atoms with Gasteiger partial charge in [0.15, 0.2) is 16.7 Å². The molecule has 5 nitrogen and oxygen atoms in total. The fourth-order valence-electron chi connectivity index (χ4n) is 3.94. The summed E-state index contributed by atoms with van der Waals surface area (Å²) >= 11 is 4.89. The number of ether oxygens (including phenoxy) is 2. The van der Waals surface area contributed by atoms with E-state index in [1.54, 1.807) is 25.5 Å². The van der Waals surface area contributed by atoms with Gasteiger partial charge in [0.2, 0.25) is 0 Å². The Bertz CT molecular complexity index is 692. The minimum atomic E-state index is -0.790. The van der Waals surface area contributed by atoms with Gasteiger partial charge in [-0.25, -0.2) is 4.39 Å². The van der Waals surface area contributed by atoms with Gasteiger partial charge < -0.3 is 20.3 Å². The number of thiol groups is 1. The second-order valence-electron chi connectivity index (χ2n) is 8.45. The molecule has 2 unspecified atom stereocenters. The molecule has 0 saturated carbocycles. The number of halogens is 1. The maximum atomic E-state index is 14.1. The number of carbonyl (C=O) groups excluding carboxylic acids is 1. The molecular weight excluding hydrogens is 449 g/mol. The summed E-state index contributed by atoms with van der Waals surface area (Å²) in [4.78, 5) is 12.1. The average molecular weight is 490 g/mol. The number of aliphatic hydroxyl groups is 1. The number of methoxy groups -OCH3 is 1. The minimum absolute atomic E-state index is 0.0865. The van der Waals surface area contributed by atoms with Crippen LogP contribution in [0.1, 0.15) is 58.1 Å². The van der Waals surface area contributed by atoms with Gasteiger partial charge >= 0.3 is 0 Å². The highest BCUT2D eigenvalue weighted by molar-refractivity contribution is 8.14. The highest BCUT2D eigenvalue weighted by atomic mass is 32.2. The summed E-state index contributed by atoms with van der Waals surface area (Å²) in [7, 11) is 1.61. The first-order valence-corrected chi connectivity index (χ1v) is 13.1. The molecule has 1 aromatic carbocycles. The van der Waals surface area contributed by atoms with Gasteiger partial charge in [-0.1, -0.05) is 38.6 Å². The summed E-state index contributed by atoms with van der Waals surface area (Å²) in [6.07, 6.45) is 3.80. The first-order valence-electron chi connectivity index (χ1n) is 11.3. The Kier molecular flexibility index (Phi) is 13.9. The summed E-state index contributed by atoms with van der Waals surface area (Å²) in [5, 5.41) is 11.4. The van der Waals surface area contributed by atoms with Gasteiger partial charge in [0.1, 0.15) is 0 Å². The largest absolute Gasteiger partial charge is 0.490 e. The van der Waals surface area contributed by atoms with Crippen LogP contribution in [0.2, 0.25) is 0 Å². The highest BCUT2D eigenvalue weighted by Crippen LogP contribution is 2.40. The lowest BCUT2D eigenvalue weighted by Crippen LogP contribution is -2.36. The Morgan fingerprint density at radius 1 is 1.31 bits per heavy atom. The molecule has 184 valence electrons. The van der Waals surface area contributed by atoms with Crippen molar-refractivity contribution in [2.45, 2.75) is 63.9 Å². The van der Waals surface area contributed by atoms with E-state index < -0.39 is 11.9 Å². The second-order valence-corrected chi connectivity index (χ2v) is 9.70. The molecule has 1 aliphatic rings. The fraction of sp³-hybridized carbons (Fsp3) is 0.708. The number of thioether (sulfide) groups is 1. The third-order valence-corrected chi connectivity index (χ3v) is 7.35. The lowest BCUT2D eigenvalue weighted by molar-refractivity contribution is -0.113. The van der Waals surface area contributed by atoms with Crippen LogP contribution in [-0.4, -0.2) is 48.1 Å². The van der Waals surface area contributed by atoms with Crippen molar-refractivity contribution in [2.24, 2.45) is 23.5 Å². The molecule has 0 spiro atoms. The van der Waals surface area contributed by atoms with Gasteiger partial charge in [-0.15, -0.1) is 0 Å². The number of benzene rings is 1. The van der Waals surface area contributed by atoms with E-state index in [2.05, 4.69) is 12.6 Å². The molecule has 1 aliphatic heterocycles. The first-order chi connectivity index (χ1) is 15.3. The fourth-order valence-corrected chi connectivity index (χ4v) is 5.31. The maximum Gasteiger partial charge on any atom is 0.192 e. The summed E-state index contributed by atoms with van der Waals surface area (Å²) in [6, 6.07) is 4.33. The number of rotatable bonds is 12. The lowest BCUT2D eigenvalue weighted by atomic mass is 9.80. The van der Waals surface area contributed by atoms with Crippen molar-refractivity contribution >= 4 is 29.5 Å². The summed E-state index contributed by atoms with van der Waals surface area (Å²) in [5.74, 6) is -0.164. The van der Waals surface area contributed by atoms with Crippen LogP contribution in [0.25, 0.3) is 0 Å². The van der Waals surface area contributed by atoms with Crippen LogP contribution in [0, 0.1) is 23.6 Å². The SMILES string of the molecule is CC[C@@H]1C[C@@H]([C@@H](N)CC(C(C)C)C(O)c2ccc(F)c(OCCCOC)c2)SC1=O.CS. The third-order valence-electron chi connectivity index (χ3n) is 5.94. The molecule has 3 N–H and O–H groups in total. The van der Waals surface area contributed by atoms with Gasteiger partial charge in [-0.05, 0) is 55.1 Å². The van der Waals surface area contributed by atoms with E-state index in [1.807, 2.05) is 20.8 Å². The Labute approximate surface area is 202 Å². The van der Waals surface area contributed by atoms with Crippen molar-refractivity contribution in [3.63, 3.8) is 0 Å². The van der Waals surface area contributed by atoms with E-state index in [-0.39, 0.29) is 39.9 Å². The molecule has 1 aromatic rings. The third kappa shape index (κ3) is 8.52. The summed E-state index contributed by atoms with van der Waals surface area (Å²) in [6.45, 7) is 7.01. The molecule has 1 heterocycles. The Hall–Kier alpha value is -0.800. The van der Waals surface area contributed by atoms with E-state index in [0.29, 0.717) is 31.6 Å². The van der Waals surface area contributed by atoms with Crippen molar-refractivity contribution in [2.75, 3.05) is 26.6 Å². The molecular formula is C24H40FNO4S2. The lowest BCUT2D eigenvalue weighted by Gasteiger charge is -2.31. The number of hydrogen-bond donors (Lipinski definition) is 3. The zero-order chi connectivity index (χ0) is 24.3. The molecule has 1 fully saturated rings. The smallest absolute Gasteiger partial charge is 0.192 e. The van der Waals surface area contributed by atoms with Crippen LogP contribution in [-0.2, 0) is 9.53 Å². The average Bonchev–Trinajstić information content (AvgIpc) is 3.17. The Balaban J connectivity index is 0.00000249. The predicted molar refractivity (Wildman–Crippen MR) is 134 cm³/mol. The van der Waals surface area contributed by atoms with E-state index >= 15 is 0 Å². The predicted octanol–water partition coefficient (Wildman–Crippen LogP) is 4.87. The number of hydrogen-bond acceptors (Lipinski definition) is 7. The van der Waals surface area contributed by atoms with Gasteiger partial charge in [0.05, 0.1) is 12.7 Å². The van der Waals surface area contributed by atoms with E-state index in [1.165, 1.54) is 17.8 Å². The van der Waals surface area contributed by atoms with Crippen LogP contribution in [0.5, 0.6) is 5.75 Å². The molecule has 0 amide bonds. The van der Waals surface area contributed by atoms with E-state index in [4.69, 9.17) is 15.2 Å². The van der Waals surface area contributed by atoms with Crippen molar-refractivity contribution in [1.82, 2.24) is 0 Å². The minimum Gasteiger partial charge on any atom is -0.490 e. The van der Waals surface area contributed by atoms with E-state index in [9.17, 15) is 14.3 Å². The maximum absolute atomic E-state index is 14.1. The van der Waals surface area contributed by atoms with Gasteiger partial charge in [-0.2, -0.15) is 12.6 Å². The van der Waals surface area contributed by atoms with Crippen LogP contribution in [0.4, 0.5) is 4.39 Å². The molecule has 8 heteroatoms. The van der Waals surface area contributed by atoms with Crippen LogP contribution in [0.15, 0.2) is 18.2 Å². The molecule has 0 aliphatic carbocycles.